The molecule has 0 spiro atoms. The largest absolute Gasteiger partial charge is 0.459 e. The van der Waals surface area contributed by atoms with Crippen molar-refractivity contribution < 1.29 is 9.53 Å². The van der Waals surface area contributed by atoms with Crippen LogP contribution in [0.4, 0.5) is 0 Å². The Balaban J connectivity index is 2.05. The van der Waals surface area contributed by atoms with Crippen molar-refractivity contribution in [2.75, 3.05) is 0 Å². The number of esters is 1. The summed E-state index contributed by atoms with van der Waals surface area (Å²) in [5.41, 5.74) is 0.817. The van der Waals surface area contributed by atoms with Crippen LogP contribution in [-0.4, -0.2) is 26.8 Å². The smallest absolute Gasteiger partial charge is 0.332 e. The van der Waals surface area contributed by atoms with Gasteiger partial charge in [-0.25, -0.2) is 14.5 Å². The summed E-state index contributed by atoms with van der Waals surface area (Å²) in [5.74, 6) is 0.140. The van der Waals surface area contributed by atoms with Crippen LogP contribution in [0, 0.1) is 0 Å². The van der Waals surface area contributed by atoms with Crippen LogP contribution >= 0.6 is 11.6 Å². The number of benzene rings is 1. The predicted octanol–water partition coefficient (Wildman–Crippen LogP) is 3.41. The number of rotatable bonds is 5. The first-order valence-electron chi connectivity index (χ1n) is 6.64. The molecule has 6 heteroatoms. The SMILES string of the molecule is CCC(C)OC(=O)/C=C\n1cnc(-c2cccc(Cl)c2)n1. The fourth-order valence-corrected chi connectivity index (χ4v) is 1.75. The zero-order valence-corrected chi connectivity index (χ0v) is 12.6. The maximum atomic E-state index is 11.5. The van der Waals surface area contributed by atoms with Crippen molar-refractivity contribution in [1.29, 1.82) is 0 Å². The van der Waals surface area contributed by atoms with Crippen molar-refractivity contribution in [3.63, 3.8) is 0 Å². The molecule has 0 fully saturated rings. The topological polar surface area (TPSA) is 57.0 Å². The molecule has 1 unspecified atom stereocenters. The third-order valence-electron chi connectivity index (χ3n) is 2.85. The van der Waals surface area contributed by atoms with E-state index < -0.39 is 5.97 Å². The molecular weight excluding hydrogens is 290 g/mol. The van der Waals surface area contributed by atoms with Gasteiger partial charge in [0, 0.05) is 22.9 Å². The molecule has 1 aromatic heterocycles. The second kappa shape index (κ2) is 7.04. The molecular formula is C15H16ClN3O2. The molecule has 0 bridgehead atoms. The average Bonchev–Trinajstić information content (AvgIpc) is 2.94. The normalized spacial score (nSPS) is 12.5. The highest BCUT2D eigenvalue weighted by atomic mass is 35.5. The number of carbonyl (C=O) groups excluding carboxylic acids is 1. The van der Waals surface area contributed by atoms with Crippen molar-refractivity contribution >= 4 is 23.8 Å². The summed E-state index contributed by atoms with van der Waals surface area (Å²) in [4.78, 5) is 15.7. The van der Waals surface area contributed by atoms with Gasteiger partial charge in [0.2, 0.25) is 0 Å². The molecule has 0 radical (unpaired) electrons. The highest BCUT2D eigenvalue weighted by Crippen LogP contribution is 2.18. The van der Waals surface area contributed by atoms with Gasteiger partial charge < -0.3 is 4.74 Å². The zero-order chi connectivity index (χ0) is 15.2. The van der Waals surface area contributed by atoms with E-state index in [0.717, 1.165) is 12.0 Å². The highest BCUT2D eigenvalue weighted by Gasteiger charge is 2.05. The lowest BCUT2D eigenvalue weighted by Crippen LogP contribution is -2.11. The third-order valence-corrected chi connectivity index (χ3v) is 3.08. The lowest BCUT2D eigenvalue weighted by atomic mass is 10.2. The van der Waals surface area contributed by atoms with Gasteiger partial charge in [-0.05, 0) is 25.5 Å². The summed E-state index contributed by atoms with van der Waals surface area (Å²) < 4.78 is 6.58. The van der Waals surface area contributed by atoms with Gasteiger partial charge in [-0.15, -0.1) is 5.10 Å². The van der Waals surface area contributed by atoms with Gasteiger partial charge >= 0.3 is 5.97 Å². The molecule has 21 heavy (non-hydrogen) atoms. The fraction of sp³-hybridized carbons (Fsp3) is 0.267. The number of nitrogens with zero attached hydrogens (tertiary/aromatic N) is 3. The Morgan fingerprint density at radius 2 is 2.33 bits per heavy atom. The van der Waals surface area contributed by atoms with E-state index in [-0.39, 0.29) is 6.10 Å². The minimum Gasteiger partial charge on any atom is -0.459 e. The Labute approximate surface area is 128 Å². The molecule has 0 saturated heterocycles. The molecule has 5 nitrogen and oxygen atoms in total. The maximum absolute atomic E-state index is 11.5. The van der Waals surface area contributed by atoms with Crippen LogP contribution < -0.4 is 0 Å². The van der Waals surface area contributed by atoms with E-state index in [2.05, 4.69) is 10.1 Å². The van der Waals surface area contributed by atoms with E-state index in [1.165, 1.54) is 23.3 Å². The monoisotopic (exact) mass is 305 g/mol. The lowest BCUT2D eigenvalue weighted by molar-refractivity contribution is -0.142. The van der Waals surface area contributed by atoms with Gasteiger partial charge in [-0.1, -0.05) is 30.7 Å². The minimum atomic E-state index is -0.399. The second-order valence-corrected chi connectivity index (χ2v) is 4.97. The molecule has 0 amide bonds. The van der Waals surface area contributed by atoms with Crippen LogP contribution in [0.5, 0.6) is 0 Å². The van der Waals surface area contributed by atoms with Gasteiger partial charge in [0.25, 0.3) is 0 Å². The quantitative estimate of drug-likeness (QED) is 0.627. The molecule has 1 atom stereocenters. The molecule has 2 rings (SSSR count). The Kier molecular flexibility index (Phi) is 5.11. The van der Waals surface area contributed by atoms with Crippen molar-refractivity contribution in [3.8, 4) is 11.4 Å². The molecule has 1 heterocycles. The maximum Gasteiger partial charge on any atom is 0.332 e. The van der Waals surface area contributed by atoms with Crippen LogP contribution in [0.3, 0.4) is 0 Å². The Bertz CT molecular complexity index is 652. The number of carbonyl (C=O) groups is 1. The summed E-state index contributed by atoms with van der Waals surface area (Å²) in [6.45, 7) is 3.80. The number of hydrogen-bond donors (Lipinski definition) is 0. The minimum absolute atomic E-state index is 0.0973. The van der Waals surface area contributed by atoms with Crippen molar-refractivity contribution in [2.45, 2.75) is 26.4 Å². The molecule has 0 aliphatic rings. The van der Waals surface area contributed by atoms with Crippen LogP contribution in [-0.2, 0) is 9.53 Å². The number of ether oxygens (including phenoxy) is 1. The van der Waals surface area contributed by atoms with E-state index in [1.807, 2.05) is 26.0 Å². The van der Waals surface area contributed by atoms with E-state index in [4.69, 9.17) is 16.3 Å². The van der Waals surface area contributed by atoms with Gasteiger partial charge in [-0.2, -0.15) is 0 Å². The molecule has 0 saturated carbocycles. The highest BCUT2D eigenvalue weighted by molar-refractivity contribution is 6.30. The molecule has 110 valence electrons. The predicted molar refractivity (Wildman–Crippen MR) is 81.6 cm³/mol. The summed E-state index contributed by atoms with van der Waals surface area (Å²) >= 11 is 5.93. The standard InChI is InChI=1S/C15H16ClN3O2/c1-3-11(2)21-14(20)7-8-19-10-17-15(18-19)12-5-4-6-13(16)9-12/h4-11H,3H2,1-2H3/b8-7-. The molecule has 0 aliphatic heterocycles. The van der Waals surface area contributed by atoms with E-state index in [9.17, 15) is 4.79 Å². The first kappa shape index (κ1) is 15.3. The molecule has 0 N–H and O–H groups in total. The first-order chi connectivity index (χ1) is 10.1. The second-order valence-electron chi connectivity index (χ2n) is 4.53. The summed E-state index contributed by atoms with van der Waals surface area (Å²) in [6.07, 6.45) is 5.03. The van der Waals surface area contributed by atoms with Gasteiger partial charge in [0.1, 0.15) is 6.33 Å². The molecule has 2 aromatic rings. The Hall–Kier alpha value is -2.14. The summed E-state index contributed by atoms with van der Waals surface area (Å²) in [6, 6.07) is 7.26. The van der Waals surface area contributed by atoms with Crippen LogP contribution in [0.1, 0.15) is 20.3 Å². The average molecular weight is 306 g/mol. The van der Waals surface area contributed by atoms with Crippen LogP contribution in [0.25, 0.3) is 17.6 Å². The Morgan fingerprint density at radius 3 is 3.05 bits per heavy atom. The van der Waals surface area contributed by atoms with E-state index in [0.29, 0.717) is 10.8 Å². The van der Waals surface area contributed by atoms with Crippen molar-refractivity contribution in [1.82, 2.24) is 14.8 Å². The van der Waals surface area contributed by atoms with Gasteiger partial charge in [0.15, 0.2) is 5.82 Å². The van der Waals surface area contributed by atoms with Crippen LogP contribution in [0.2, 0.25) is 5.02 Å². The van der Waals surface area contributed by atoms with Gasteiger partial charge in [-0.3, -0.25) is 0 Å². The lowest BCUT2D eigenvalue weighted by Gasteiger charge is -2.07. The molecule has 1 aromatic carbocycles. The van der Waals surface area contributed by atoms with E-state index >= 15 is 0 Å². The van der Waals surface area contributed by atoms with Gasteiger partial charge in [0.05, 0.1) is 6.10 Å². The van der Waals surface area contributed by atoms with E-state index in [1.54, 1.807) is 12.1 Å². The third kappa shape index (κ3) is 4.43. The van der Waals surface area contributed by atoms with Crippen molar-refractivity contribution in [3.05, 3.63) is 41.7 Å². The summed E-state index contributed by atoms with van der Waals surface area (Å²) in [7, 11) is 0. The number of hydrogen-bond acceptors (Lipinski definition) is 4. The van der Waals surface area contributed by atoms with Crippen molar-refractivity contribution in [2.24, 2.45) is 0 Å². The number of aromatic nitrogens is 3. The Morgan fingerprint density at radius 1 is 1.52 bits per heavy atom. The summed E-state index contributed by atoms with van der Waals surface area (Å²) in [5, 5.41) is 4.87. The number of halogens is 1. The van der Waals surface area contributed by atoms with Crippen LogP contribution in [0.15, 0.2) is 36.7 Å². The zero-order valence-electron chi connectivity index (χ0n) is 11.9. The first-order valence-corrected chi connectivity index (χ1v) is 7.02. The molecule has 0 aliphatic carbocycles. The fourth-order valence-electron chi connectivity index (χ4n) is 1.56.